The fourth-order valence-corrected chi connectivity index (χ4v) is 4.45. The quantitative estimate of drug-likeness (QED) is 0.0772. The van der Waals surface area contributed by atoms with Crippen LogP contribution in [0.4, 0.5) is 0 Å². The summed E-state index contributed by atoms with van der Waals surface area (Å²) in [7, 11) is -4.71. The molecule has 6 nitrogen and oxygen atoms in total. The lowest BCUT2D eigenvalue weighted by Gasteiger charge is -2.15. The predicted octanol–water partition coefficient (Wildman–Crippen LogP) is 7.69. The highest BCUT2D eigenvalue weighted by Crippen LogP contribution is 2.36. The second-order valence-electron chi connectivity index (χ2n) is 9.43. The van der Waals surface area contributed by atoms with Crippen LogP contribution in [0.25, 0.3) is 0 Å². The highest BCUT2D eigenvalue weighted by Gasteiger charge is 2.28. The molecule has 0 fully saturated rings. The Morgan fingerprint density at radius 1 is 0.606 bits per heavy atom. The average Bonchev–Trinajstić information content (AvgIpc) is 2.76. The molecule has 0 aliphatic heterocycles. The van der Waals surface area contributed by atoms with Crippen molar-refractivity contribution in [3.8, 4) is 0 Å². The molecule has 0 bridgehead atoms. The van der Waals surface area contributed by atoms with Crippen molar-refractivity contribution in [2.24, 2.45) is 5.92 Å². The average molecular weight is 491 g/mol. The Morgan fingerprint density at radius 2 is 0.909 bits per heavy atom. The van der Waals surface area contributed by atoms with Crippen molar-refractivity contribution < 1.29 is 28.5 Å². The van der Waals surface area contributed by atoms with E-state index in [1.54, 1.807) is 0 Å². The van der Waals surface area contributed by atoms with Crippen LogP contribution in [0.3, 0.4) is 0 Å². The van der Waals surface area contributed by atoms with Gasteiger partial charge < -0.3 is 9.79 Å². The largest absolute Gasteiger partial charge is 0.469 e. The Bertz CT molecular complexity index is 497. The molecule has 0 aromatic heterocycles. The van der Waals surface area contributed by atoms with Crippen molar-refractivity contribution in [2.45, 2.75) is 142 Å². The summed E-state index contributed by atoms with van der Waals surface area (Å²) in [4.78, 5) is 43.2. The SMILES string of the molecule is CCCCCCCCCCCC(=O)C(COP(=O)(O)O)C(=O)CCCCCCCCCCC. The minimum atomic E-state index is -4.71. The summed E-state index contributed by atoms with van der Waals surface area (Å²) in [6.07, 6.45) is 21.0. The van der Waals surface area contributed by atoms with E-state index in [1.807, 2.05) is 0 Å². The van der Waals surface area contributed by atoms with Gasteiger partial charge in [-0.1, -0.05) is 117 Å². The lowest BCUT2D eigenvalue weighted by Crippen LogP contribution is -2.28. The van der Waals surface area contributed by atoms with Crippen LogP contribution in [0, 0.1) is 5.92 Å². The van der Waals surface area contributed by atoms with Crippen LogP contribution in [0.2, 0.25) is 0 Å². The normalized spacial score (nSPS) is 11.9. The first kappa shape index (κ1) is 32.5. The van der Waals surface area contributed by atoms with E-state index < -0.39 is 20.3 Å². The van der Waals surface area contributed by atoms with E-state index >= 15 is 0 Å². The zero-order valence-corrected chi connectivity index (χ0v) is 22.3. The lowest BCUT2D eigenvalue weighted by molar-refractivity contribution is -0.134. The van der Waals surface area contributed by atoms with Crippen LogP contribution in [0.15, 0.2) is 0 Å². The zero-order valence-electron chi connectivity index (χ0n) is 21.4. The molecule has 0 amide bonds. The number of hydrogen-bond acceptors (Lipinski definition) is 4. The minimum absolute atomic E-state index is 0.243. The third kappa shape index (κ3) is 21.7. The van der Waals surface area contributed by atoms with E-state index in [-0.39, 0.29) is 24.4 Å². The number of rotatable bonds is 25. The molecule has 0 saturated heterocycles. The minimum Gasteiger partial charge on any atom is -0.303 e. The van der Waals surface area contributed by atoms with Crippen molar-refractivity contribution in [1.82, 2.24) is 0 Å². The highest BCUT2D eigenvalue weighted by atomic mass is 31.2. The van der Waals surface area contributed by atoms with Gasteiger partial charge in [-0.25, -0.2) is 4.57 Å². The van der Waals surface area contributed by atoms with Crippen molar-refractivity contribution in [3.63, 3.8) is 0 Å². The molecule has 0 aromatic carbocycles. The fraction of sp³-hybridized carbons (Fsp3) is 0.923. The summed E-state index contributed by atoms with van der Waals surface area (Å²) in [5.41, 5.74) is 0. The van der Waals surface area contributed by atoms with Crippen molar-refractivity contribution in [2.75, 3.05) is 6.61 Å². The Hall–Kier alpha value is -0.550. The summed E-state index contributed by atoms with van der Waals surface area (Å²) in [5, 5.41) is 0. The number of ketones is 2. The molecule has 33 heavy (non-hydrogen) atoms. The van der Waals surface area contributed by atoms with Gasteiger partial charge in [0.15, 0.2) is 0 Å². The molecule has 0 aliphatic carbocycles. The second kappa shape index (κ2) is 21.9. The van der Waals surface area contributed by atoms with Crippen LogP contribution < -0.4 is 0 Å². The second-order valence-corrected chi connectivity index (χ2v) is 10.7. The molecule has 0 aromatic rings. The lowest BCUT2D eigenvalue weighted by atomic mass is 9.92. The number of unbranched alkanes of at least 4 members (excludes halogenated alkanes) is 16. The van der Waals surface area contributed by atoms with Crippen LogP contribution >= 0.6 is 7.82 Å². The topological polar surface area (TPSA) is 101 Å². The Kier molecular flexibility index (Phi) is 21.6. The van der Waals surface area contributed by atoms with E-state index in [9.17, 15) is 14.2 Å². The molecule has 0 heterocycles. The van der Waals surface area contributed by atoms with Crippen LogP contribution in [-0.2, 0) is 18.7 Å². The predicted molar refractivity (Wildman–Crippen MR) is 135 cm³/mol. The molecule has 0 unspecified atom stereocenters. The van der Waals surface area contributed by atoms with E-state index in [0.717, 1.165) is 25.7 Å². The molecule has 0 spiro atoms. The standard InChI is InChI=1S/C26H51O6P/c1-3-5-7-9-11-13-15-17-19-21-25(27)24(23-32-33(29,30)31)26(28)22-20-18-16-14-12-10-8-6-4-2/h24H,3-23H2,1-2H3,(H2,29,30,31). The van der Waals surface area contributed by atoms with Gasteiger partial charge in [0.05, 0.1) is 6.61 Å². The number of phosphoric acid groups is 1. The van der Waals surface area contributed by atoms with Gasteiger partial charge in [0.25, 0.3) is 0 Å². The molecule has 0 aliphatic rings. The Balaban J connectivity index is 4.20. The summed E-state index contributed by atoms with van der Waals surface area (Å²) < 4.78 is 15.6. The smallest absolute Gasteiger partial charge is 0.303 e. The van der Waals surface area contributed by atoms with Crippen LogP contribution in [0.5, 0.6) is 0 Å². The van der Waals surface area contributed by atoms with E-state index in [4.69, 9.17) is 9.79 Å². The molecule has 196 valence electrons. The third-order valence-electron chi connectivity index (χ3n) is 6.24. The number of carbonyl (C=O) groups excluding carboxylic acids is 2. The fourth-order valence-electron chi connectivity index (χ4n) is 4.11. The zero-order chi connectivity index (χ0) is 24.8. The van der Waals surface area contributed by atoms with Crippen molar-refractivity contribution >= 4 is 19.4 Å². The maximum atomic E-state index is 12.6. The summed E-state index contributed by atoms with van der Waals surface area (Å²) >= 11 is 0. The molecular formula is C26H51O6P. The van der Waals surface area contributed by atoms with Gasteiger partial charge in [0.2, 0.25) is 0 Å². The van der Waals surface area contributed by atoms with Gasteiger partial charge in [0.1, 0.15) is 17.5 Å². The molecule has 2 N–H and O–H groups in total. The van der Waals surface area contributed by atoms with Crippen molar-refractivity contribution in [3.05, 3.63) is 0 Å². The Morgan fingerprint density at radius 3 is 1.21 bits per heavy atom. The van der Waals surface area contributed by atoms with E-state index in [1.165, 1.54) is 77.0 Å². The van der Waals surface area contributed by atoms with Gasteiger partial charge in [-0.05, 0) is 12.8 Å². The maximum Gasteiger partial charge on any atom is 0.469 e. The highest BCUT2D eigenvalue weighted by molar-refractivity contribution is 7.46. The number of phosphoric ester groups is 1. The summed E-state index contributed by atoms with van der Waals surface area (Å²) in [6.45, 7) is 3.89. The first-order valence-electron chi connectivity index (χ1n) is 13.6. The molecular weight excluding hydrogens is 439 g/mol. The van der Waals surface area contributed by atoms with Crippen LogP contribution in [0.1, 0.15) is 142 Å². The molecule has 0 radical (unpaired) electrons. The van der Waals surface area contributed by atoms with E-state index in [2.05, 4.69) is 18.4 Å². The molecule has 0 rings (SSSR count). The van der Waals surface area contributed by atoms with Gasteiger partial charge in [-0.15, -0.1) is 0 Å². The maximum absolute atomic E-state index is 12.6. The first-order valence-corrected chi connectivity index (χ1v) is 15.1. The van der Waals surface area contributed by atoms with Gasteiger partial charge in [-0.3, -0.25) is 14.1 Å². The van der Waals surface area contributed by atoms with Crippen molar-refractivity contribution in [1.29, 1.82) is 0 Å². The summed E-state index contributed by atoms with van der Waals surface area (Å²) in [6, 6.07) is 0. The Labute approximate surface area is 202 Å². The molecule has 7 heteroatoms. The number of Topliss-reactive ketones (excluding diaryl/α,β-unsaturated/α-hetero) is 2. The number of carbonyl (C=O) groups is 2. The number of hydrogen-bond donors (Lipinski definition) is 2. The third-order valence-corrected chi connectivity index (χ3v) is 6.73. The molecule has 0 saturated carbocycles. The van der Waals surface area contributed by atoms with Crippen LogP contribution in [-0.4, -0.2) is 28.0 Å². The molecule has 0 atom stereocenters. The van der Waals surface area contributed by atoms with Gasteiger partial charge in [0, 0.05) is 12.8 Å². The van der Waals surface area contributed by atoms with E-state index in [0.29, 0.717) is 12.8 Å². The first-order chi connectivity index (χ1) is 15.8. The van der Waals surface area contributed by atoms with Gasteiger partial charge >= 0.3 is 7.82 Å². The monoisotopic (exact) mass is 490 g/mol. The van der Waals surface area contributed by atoms with Gasteiger partial charge in [-0.2, -0.15) is 0 Å². The summed E-state index contributed by atoms with van der Waals surface area (Å²) in [5.74, 6) is -1.54.